The highest BCUT2D eigenvalue weighted by Crippen LogP contribution is 2.31. The molecule has 0 aliphatic carbocycles. The van der Waals surface area contributed by atoms with Gasteiger partial charge in [-0.15, -0.1) is 0 Å². The predicted octanol–water partition coefficient (Wildman–Crippen LogP) is 3.81. The summed E-state index contributed by atoms with van der Waals surface area (Å²) < 4.78 is 5.32. The van der Waals surface area contributed by atoms with E-state index in [1.165, 1.54) is 16.7 Å². The molecule has 1 saturated heterocycles. The number of nitrogens with zero attached hydrogens (tertiary/aromatic N) is 1. The summed E-state index contributed by atoms with van der Waals surface area (Å²) >= 11 is 0. The lowest BCUT2D eigenvalue weighted by atomic mass is 9.93. The molecule has 3 nitrogen and oxygen atoms in total. The Hall–Kier alpha value is -1.84. The van der Waals surface area contributed by atoms with Crippen molar-refractivity contribution in [3.63, 3.8) is 0 Å². The van der Waals surface area contributed by atoms with Crippen LogP contribution in [0.15, 0.2) is 48.5 Å². The van der Waals surface area contributed by atoms with Crippen molar-refractivity contribution in [1.82, 2.24) is 10.2 Å². The van der Waals surface area contributed by atoms with Gasteiger partial charge in [0.05, 0.1) is 13.2 Å². The zero-order valence-electron chi connectivity index (χ0n) is 15.0. The lowest BCUT2D eigenvalue weighted by Crippen LogP contribution is -2.45. The van der Waals surface area contributed by atoms with E-state index in [-0.39, 0.29) is 0 Å². The van der Waals surface area contributed by atoms with Crippen LogP contribution in [-0.2, 0) is 0 Å². The van der Waals surface area contributed by atoms with Crippen LogP contribution in [0.3, 0.4) is 0 Å². The average Bonchev–Trinajstić information content (AvgIpc) is 2.64. The van der Waals surface area contributed by atoms with Gasteiger partial charge in [0.1, 0.15) is 5.75 Å². The second-order valence-electron chi connectivity index (χ2n) is 6.78. The van der Waals surface area contributed by atoms with Gasteiger partial charge in [0, 0.05) is 26.2 Å². The third-order valence-corrected chi connectivity index (χ3v) is 4.87. The van der Waals surface area contributed by atoms with E-state index in [9.17, 15) is 0 Å². The molecule has 0 aromatic heterocycles. The van der Waals surface area contributed by atoms with Crippen LogP contribution in [0.4, 0.5) is 0 Å². The molecule has 1 fully saturated rings. The van der Waals surface area contributed by atoms with Crippen LogP contribution in [0.25, 0.3) is 0 Å². The van der Waals surface area contributed by atoms with Crippen molar-refractivity contribution in [2.24, 2.45) is 0 Å². The Morgan fingerprint density at radius 2 is 1.33 bits per heavy atom. The minimum atomic E-state index is 0.305. The summed E-state index contributed by atoms with van der Waals surface area (Å²) in [7, 11) is 1.72. The molecule has 1 aliphatic rings. The van der Waals surface area contributed by atoms with Crippen molar-refractivity contribution < 1.29 is 4.74 Å². The summed E-state index contributed by atoms with van der Waals surface area (Å²) in [6, 6.07) is 18.0. The molecule has 0 amide bonds. The molecule has 0 radical (unpaired) electrons. The molecule has 0 saturated carbocycles. The van der Waals surface area contributed by atoms with Crippen LogP contribution in [0.2, 0.25) is 0 Å². The lowest BCUT2D eigenvalue weighted by molar-refractivity contribution is 0.198. The summed E-state index contributed by atoms with van der Waals surface area (Å²) in [4.78, 5) is 2.57. The predicted molar refractivity (Wildman–Crippen MR) is 99.8 cm³/mol. The summed E-state index contributed by atoms with van der Waals surface area (Å²) in [5.41, 5.74) is 4.09. The fourth-order valence-electron chi connectivity index (χ4n) is 3.40. The molecule has 1 aliphatic heterocycles. The summed E-state index contributed by atoms with van der Waals surface area (Å²) in [6.45, 7) is 8.73. The van der Waals surface area contributed by atoms with Gasteiger partial charge in [-0.1, -0.05) is 50.2 Å². The molecule has 0 spiro atoms. The normalized spacial score (nSPS) is 17.0. The van der Waals surface area contributed by atoms with Crippen molar-refractivity contribution in [3.8, 4) is 5.75 Å². The summed E-state index contributed by atoms with van der Waals surface area (Å²) in [6.07, 6.45) is 0. The molecule has 1 heterocycles. The summed E-state index contributed by atoms with van der Waals surface area (Å²) in [5.74, 6) is 1.48. The van der Waals surface area contributed by atoms with Crippen molar-refractivity contribution in [2.75, 3.05) is 33.3 Å². The van der Waals surface area contributed by atoms with E-state index in [0.29, 0.717) is 12.0 Å². The van der Waals surface area contributed by atoms with E-state index in [4.69, 9.17) is 4.74 Å². The number of methoxy groups -OCH3 is 1. The highest BCUT2D eigenvalue weighted by atomic mass is 16.5. The van der Waals surface area contributed by atoms with E-state index in [1.807, 2.05) is 0 Å². The van der Waals surface area contributed by atoms with Crippen molar-refractivity contribution >= 4 is 0 Å². The molecule has 3 heteroatoms. The Balaban J connectivity index is 1.93. The van der Waals surface area contributed by atoms with Gasteiger partial charge in [-0.2, -0.15) is 0 Å². The maximum atomic E-state index is 5.32. The fraction of sp³-hybridized carbons (Fsp3) is 0.429. The average molecular weight is 324 g/mol. The van der Waals surface area contributed by atoms with Crippen LogP contribution < -0.4 is 10.1 Å². The molecule has 0 bridgehead atoms. The fourth-order valence-corrected chi connectivity index (χ4v) is 3.40. The number of hydrogen-bond donors (Lipinski definition) is 1. The minimum absolute atomic E-state index is 0.305. The Labute approximate surface area is 145 Å². The maximum Gasteiger partial charge on any atom is 0.118 e. The van der Waals surface area contributed by atoms with Crippen LogP contribution in [0.1, 0.15) is 42.5 Å². The molecular formula is C21H28N2O. The number of rotatable bonds is 5. The lowest BCUT2D eigenvalue weighted by Gasteiger charge is -2.35. The van der Waals surface area contributed by atoms with Crippen LogP contribution in [0, 0.1) is 0 Å². The molecule has 128 valence electrons. The first-order valence-corrected chi connectivity index (χ1v) is 8.87. The largest absolute Gasteiger partial charge is 0.497 e. The SMILES string of the molecule is COc1ccc(C(c2ccc(C(C)C)cc2)N2CCNCC2)cc1. The van der Waals surface area contributed by atoms with Gasteiger partial charge in [-0.3, -0.25) is 4.90 Å². The zero-order chi connectivity index (χ0) is 16.9. The smallest absolute Gasteiger partial charge is 0.118 e. The van der Waals surface area contributed by atoms with Gasteiger partial charge >= 0.3 is 0 Å². The van der Waals surface area contributed by atoms with Crippen LogP contribution in [0.5, 0.6) is 5.75 Å². The van der Waals surface area contributed by atoms with E-state index in [0.717, 1.165) is 31.9 Å². The van der Waals surface area contributed by atoms with Crippen molar-refractivity contribution in [2.45, 2.75) is 25.8 Å². The van der Waals surface area contributed by atoms with Crippen LogP contribution in [-0.4, -0.2) is 38.2 Å². The molecule has 1 atom stereocenters. The molecule has 1 unspecified atom stereocenters. The number of benzene rings is 2. The zero-order valence-corrected chi connectivity index (χ0v) is 15.0. The van der Waals surface area contributed by atoms with Gasteiger partial charge in [0.2, 0.25) is 0 Å². The van der Waals surface area contributed by atoms with E-state index >= 15 is 0 Å². The van der Waals surface area contributed by atoms with Crippen molar-refractivity contribution in [3.05, 3.63) is 65.2 Å². The van der Waals surface area contributed by atoms with E-state index in [1.54, 1.807) is 7.11 Å². The Morgan fingerprint density at radius 1 is 0.833 bits per heavy atom. The van der Waals surface area contributed by atoms with Crippen molar-refractivity contribution in [1.29, 1.82) is 0 Å². The number of hydrogen-bond acceptors (Lipinski definition) is 3. The molecule has 2 aromatic carbocycles. The second-order valence-corrected chi connectivity index (χ2v) is 6.78. The summed E-state index contributed by atoms with van der Waals surface area (Å²) in [5, 5.41) is 3.45. The second kappa shape index (κ2) is 7.82. The standard InChI is InChI=1S/C21H28N2O/c1-16(2)17-4-6-18(7-5-17)21(23-14-12-22-13-15-23)19-8-10-20(24-3)11-9-19/h4-11,16,21-22H,12-15H2,1-3H3. The number of nitrogens with one attached hydrogen (secondary N) is 1. The first-order valence-electron chi connectivity index (χ1n) is 8.87. The minimum Gasteiger partial charge on any atom is -0.497 e. The van der Waals surface area contributed by atoms with Gasteiger partial charge in [-0.05, 0) is 34.7 Å². The number of ether oxygens (including phenoxy) is 1. The highest BCUT2D eigenvalue weighted by Gasteiger charge is 2.24. The first-order chi connectivity index (χ1) is 11.7. The molecular weight excluding hydrogens is 296 g/mol. The van der Waals surface area contributed by atoms with Gasteiger partial charge < -0.3 is 10.1 Å². The third-order valence-electron chi connectivity index (χ3n) is 4.87. The van der Waals surface area contributed by atoms with Gasteiger partial charge in [0.15, 0.2) is 0 Å². The first kappa shape index (κ1) is 17.0. The third kappa shape index (κ3) is 3.80. The highest BCUT2D eigenvalue weighted by molar-refractivity contribution is 5.37. The quantitative estimate of drug-likeness (QED) is 0.905. The molecule has 1 N–H and O–H groups in total. The number of piperazine rings is 1. The van der Waals surface area contributed by atoms with Gasteiger partial charge in [-0.25, -0.2) is 0 Å². The maximum absolute atomic E-state index is 5.32. The Morgan fingerprint density at radius 3 is 1.83 bits per heavy atom. The Bertz CT molecular complexity index is 628. The molecule has 3 rings (SSSR count). The topological polar surface area (TPSA) is 24.5 Å². The molecule has 24 heavy (non-hydrogen) atoms. The van der Waals surface area contributed by atoms with Gasteiger partial charge in [0.25, 0.3) is 0 Å². The van der Waals surface area contributed by atoms with Crippen LogP contribution >= 0.6 is 0 Å². The monoisotopic (exact) mass is 324 g/mol. The molecule has 2 aromatic rings. The van der Waals surface area contributed by atoms with E-state index < -0.39 is 0 Å². The Kier molecular flexibility index (Phi) is 5.54. The van der Waals surface area contributed by atoms with E-state index in [2.05, 4.69) is 72.6 Å².